The van der Waals surface area contributed by atoms with Crippen LogP contribution >= 0.6 is 0 Å². The molecule has 1 heterocycles. The maximum Gasteiger partial charge on any atom is 0.255 e. The third-order valence-corrected chi connectivity index (χ3v) is 4.53. The molecule has 5 nitrogen and oxygen atoms in total. The number of benzene rings is 2. The number of anilines is 1. The van der Waals surface area contributed by atoms with E-state index in [1.54, 1.807) is 19.5 Å². The van der Waals surface area contributed by atoms with Gasteiger partial charge in [0, 0.05) is 32.0 Å². The van der Waals surface area contributed by atoms with Crippen molar-refractivity contribution in [2.75, 3.05) is 19.0 Å². The maximum absolute atomic E-state index is 12.9. The molecule has 0 saturated heterocycles. The second kappa shape index (κ2) is 9.55. The Morgan fingerprint density at radius 1 is 1.04 bits per heavy atom. The number of carbonyl (C=O) groups is 1. The highest BCUT2D eigenvalue weighted by Crippen LogP contribution is 2.16. The molecular formula is C23H25N3O2. The first-order valence-electron chi connectivity index (χ1n) is 9.34. The molecule has 1 aromatic heterocycles. The lowest BCUT2D eigenvalue weighted by molar-refractivity contribution is 0.0752. The van der Waals surface area contributed by atoms with Gasteiger partial charge in [-0.2, -0.15) is 0 Å². The zero-order valence-corrected chi connectivity index (χ0v) is 16.3. The molecule has 0 radical (unpaired) electrons. The second-order valence-electron chi connectivity index (χ2n) is 6.47. The first-order valence-corrected chi connectivity index (χ1v) is 9.34. The number of pyridine rings is 1. The van der Waals surface area contributed by atoms with Crippen LogP contribution in [0.2, 0.25) is 0 Å². The molecule has 5 heteroatoms. The number of amides is 1. The third-order valence-electron chi connectivity index (χ3n) is 4.53. The number of methoxy groups -OCH3 is 1. The van der Waals surface area contributed by atoms with Crippen LogP contribution in [-0.2, 0) is 13.1 Å². The van der Waals surface area contributed by atoms with Crippen LogP contribution in [0.1, 0.15) is 28.4 Å². The lowest BCUT2D eigenvalue weighted by atomic mass is 10.1. The highest BCUT2D eigenvalue weighted by Gasteiger charge is 2.15. The van der Waals surface area contributed by atoms with Crippen LogP contribution in [0.25, 0.3) is 0 Å². The van der Waals surface area contributed by atoms with Crippen molar-refractivity contribution in [1.29, 1.82) is 0 Å². The Morgan fingerprint density at radius 2 is 1.79 bits per heavy atom. The summed E-state index contributed by atoms with van der Waals surface area (Å²) in [6.45, 7) is 3.85. The van der Waals surface area contributed by atoms with Crippen molar-refractivity contribution < 1.29 is 9.53 Å². The van der Waals surface area contributed by atoms with Crippen molar-refractivity contribution in [3.05, 3.63) is 89.7 Å². The second-order valence-corrected chi connectivity index (χ2v) is 6.47. The summed E-state index contributed by atoms with van der Waals surface area (Å²) in [6.07, 6.45) is 3.35. The van der Waals surface area contributed by atoms with Crippen molar-refractivity contribution >= 4 is 11.6 Å². The van der Waals surface area contributed by atoms with Crippen LogP contribution in [0, 0.1) is 0 Å². The number of hydrogen-bond donors (Lipinski definition) is 1. The van der Waals surface area contributed by atoms with Crippen molar-refractivity contribution in [2.24, 2.45) is 0 Å². The normalized spacial score (nSPS) is 10.4. The van der Waals surface area contributed by atoms with Gasteiger partial charge >= 0.3 is 0 Å². The molecule has 0 fully saturated rings. The van der Waals surface area contributed by atoms with Crippen LogP contribution in [0.15, 0.2) is 73.1 Å². The van der Waals surface area contributed by atoms with Crippen LogP contribution in [0.4, 0.5) is 5.69 Å². The number of hydrogen-bond acceptors (Lipinski definition) is 4. The third kappa shape index (κ3) is 5.10. The Morgan fingerprint density at radius 3 is 2.46 bits per heavy atom. The summed E-state index contributed by atoms with van der Waals surface area (Å²) >= 11 is 0. The van der Waals surface area contributed by atoms with Gasteiger partial charge in [0.2, 0.25) is 0 Å². The summed E-state index contributed by atoms with van der Waals surface area (Å²) in [4.78, 5) is 19.0. The zero-order chi connectivity index (χ0) is 19.8. The van der Waals surface area contributed by atoms with Gasteiger partial charge in [-0.3, -0.25) is 9.78 Å². The molecule has 0 spiro atoms. The van der Waals surface area contributed by atoms with Crippen LogP contribution in [0.5, 0.6) is 5.75 Å². The molecule has 3 aromatic rings. The minimum absolute atomic E-state index is 0.0213. The number of nitrogens with zero attached hydrogens (tertiary/aromatic N) is 2. The van der Waals surface area contributed by atoms with E-state index in [0.717, 1.165) is 22.6 Å². The number of rotatable bonds is 8. The molecule has 0 aliphatic rings. The molecule has 1 amide bonds. The Kier molecular flexibility index (Phi) is 6.63. The van der Waals surface area contributed by atoms with Gasteiger partial charge in [-0.15, -0.1) is 0 Å². The fourth-order valence-electron chi connectivity index (χ4n) is 2.91. The summed E-state index contributed by atoms with van der Waals surface area (Å²) in [5, 5.41) is 3.33. The Balaban J connectivity index is 1.66. The van der Waals surface area contributed by atoms with Gasteiger partial charge in [-0.05, 0) is 36.2 Å². The largest absolute Gasteiger partial charge is 0.497 e. The minimum Gasteiger partial charge on any atom is -0.497 e. The minimum atomic E-state index is -0.0213. The SMILES string of the molecule is CCN(Cc1ccccc1)C(=O)c1cncc(NCc2ccc(OC)cc2)c1. The fraction of sp³-hybridized carbons (Fsp3) is 0.217. The molecule has 0 saturated carbocycles. The Labute approximate surface area is 166 Å². The van der Waals surface area contributed by atoms with Gasteiger partial charge in [-0.25, -0.2) is 0 Å². The van der Waals surface area contributed by atoms with Gasteiger partial charge in [0.05, 0.1) is 18.4 Å². The molecule has 28 heavy (non-hydrogen) atoms. The Bertz CT molecular complexity index is 895. The molecule has 0 atom stereocenters. The van der Waals surface area contributed by atoms with Gasteiger partial charge in [0.15, 0.2) is 0 Å². The van der Waals surface area contributed by atoms with Crippen molar-refractivity contribution in [3.8, 4) is 5.75 Å². The first-order chi connectivity index (χ1) is 13.7. The van der Waals surface area contributed by atoms with E-state index in [1.165, 1.54) is 0 Å². The maximum atomic E-state index is 12.9. The number of nitrogens with one attached hydrogen (secondary N) is 1. The summed E-state index contributed by atoms with van der Waals surface area (Å²) < 4.78 is 5.18. The summed E-state index contributed by atoms with van der Waals surface area (Å²) in [5.41, 5.74) is 3.63. The average Bonchev–Trinajstić information content (AvgIpc) is 2.77. The Hall–Kier alpha value is -3.34. The molecule has 0 bridgehead atoms. The van der Waals surface area contributed by atoms with E-state index < -0.39 is 0 Å². The van der Waals surface area contributed by atoms with Gasteiger partial charge in [0.25, 0.3) is 5.91 Å². The van der Waals surface area contributed by atoms with Crippen LogP contribution < -0.4 is 10.1 Å². The lowest BCUT2D eigenvalue weighted by Gasteiger charge is -2.21. The van der Waals surface area contributed by atoms with E-state index >= 15 is 0 Å². The van der Waals surface area contributed by atoms with Crippen molar-refractivity contribution in [1.82, 2.24) is 9.88 Å². The molecule has 144 valence electrons. The van der Waals surface area contributed by atoms with Gasteiger partial charge in [0.1, 0.15) is 5.75 Å². The molecule has 1 N–H and O–H groups in total. The van der Waals surface area contributed by atoms with Crippen LogP contribution in [0.3, 0.4) is 0 Å². The van der Waals surface area contributed by atoms with E-state index in [1.807, 2.05) is 72.5 Å². The lowest BCUT2D eigenvalue weighted by Crippen LogP contribution is -2.30. The van der Waals surface area contributed by atoms with Crippen molar-refractivity contribution in [3.63, 3.8) is 0 Å². The zero-order valence-electron chi connectivity index (χ0n) is 16.3. The first kappa shape index (κ1) is 19.4. The van der Waals surface area contributed by atoms with E-state index in [0.29, 0.717) is 25.2 Å². The number of aromatic nitrogens is 1. The summed E-state index contributed by atoms with van der Waals surface area (Å²) in [7, 11) is 1.65. The smallest absolute Gasteiger partial charge is 0.255 e. The van der Waals surface area contributed by atoms with E-state index in [4.69, 9.17) is 4.74 Å². The summed E-state index contributed by atoms with van der Waals surface area (Å²) in [5.74, 6) is 0.808. The van der Waals surface area contributed by atoms with Gasteiger partial charge in [-0.1, -0.05) is 42.5 Å². The fourth-order valence-corrected chi connectivity index (χ4v) is 2.91. The van der Waals surface area contributed by atoms with Gasteiger partial charge < -0.3 is 15.0 Å². The quantitative estimate of drug-likeness (QED) is 0.635. The van der Waals surface area contributed by atoms with E-state index in [-0.39, 0.29) is 5.91 Å². The number of ether oxygens (including phenoxy) is 1. The van der Waals surface area contributed by atoms with Crippen molar-refractivity contribution in [2.45, 2.75) is 20.0 Å². The monoisotopic (exact) mass is 375 g/mol. The van der Waals surface area contributed by atoms with E-state index in [2.05, 4.69) is 10.3 Å². The predicted molar refractivity (Wildman–Crippen MR) is 111 cm³/mol. The molecular weight excluding hydrogens is 350 g/mol. The predicted octanol–water partition coefficient (Wildman–Crippen LogP) is 4.36. The average molecular weight is 375 g/mol. The molecule has 0 aliphatic heterocycles. The molecule has 0 unspecified atom stereocenters. The highest BCUT2D eigenvalue weighted by molar-refractivity contribution is 5.94. The highest BCUT2D eigenvalue weighted by atomic mass is 16.5. The van der Waals surface area contributed by atoms with E-state index in [9.17, 15) is 4.79 Å². The summed E-state index contributed by atoms with van der Waals surface area (Å²) in [6, 6.07) is 19.7. The standard InChI is InChI=1S/C23H25N3O2/c1-3-26(17-19-7-5-4-6-8-19)23(27)20-13-21(16-24-15-20)25-14-18-9-11-22(28-2)12-10-18/h4-13,15-16,25H,3,14,17H2,1-2H3. The molecule has 3 rings (SSSR count). The molecule has 2 aromatic carbocycles. The van der Waals surface area contributed by atoms with Crippen LogP contribution in [-0.4, -0.2) is 29.4 Å². The topological polar surface area (TPSA) is 54.5 Å². The molecule has 0 aliphatic carbocycles. The number of carbonyl (C=O) groups excluding carboxylic acids is 1.